The average Bonchev–Trinajstić information content (AvgIpc) is 3.13. The van der Waals surface area contributed by atoms with E-state index < -0.39 is 11.9 Å². The summed E-state index contributed by atoms with van der Waals surface area (Å²) in [5, 5.41) is 3.41. The molecule has 0 aliphatic carbocycles. The molecule has 24 heavy (non-hydrogen) atoms. The second-order valence-corrected chi connectivity index (χ2v) is 7.83. The number of halogens is 3. The molecule has 9 heteroatoms. The first-order chi connectivity index (χ1) is 11.4. The van der Waals surface area contributed by atoms with Crippen molar-refractivity contribution in [1.82, 2.24) is 9.88 Å². The van der Waals surface area contributed by atoms with Crippen molar-refractivity contribution in [1.29, 1.82) is 0 Å². The first kappa shape index (κ1) is 15.9. The van der Waals surface area contributed by atoms with E-state index in [0.29, 0.717) is 24.8 Å². The van der Waals surface area contributed by atoms with Gasteiger partial charge in [0.15, 0.2) is 10.8 Å². The van der Waals surface area contributed by atoms with Gasteiger partial charge in [0.2, 0.25) is 5.91 Å². The topological polar surface area (TPSA) is 36.4 Å². The summed E-state index contributed by atoms with van der Waals surface area (Å²) >= 11 is 2.70. The lowest BCUT2D eigenvalue weighted by molar-refractivity contribution is -0.141. The van der Waals surface area contributed by atoms with Crippen molar-refractivity contribution in [2.75, 3.05) is 24.5 Å². The van der Waals surface area contributed by atoms with Crippen molar-refractivity contribution >= 4 is 33.7 Å². The van der Waals surface area contributed by atoms with Crippen molar-refractivity contribution in [3.8, 4) is 0 Å². The molecule has 2 aliphatic rings. The highest BCUT2D eigenvalue weighted by Crippen LogP contribution is 2.35. The van der Waals surface area contributed by atoms with E-state index in [1.54, 1.807) is 16.2 Å². The van der Waals surface area contributed by atoms with Crippen molar-refractivity contribution in [3.05, 3.63) is 33.0 Å². The normalized spacial score (nSPS) is 18.5. The molecule has 2 aliphatic heterocycles. The molecular formula is C15H14F3N3OS2. The highest BCUT2D eigenvalue weighted by Gasteiger charge is 2.39. The van der Waals surface area contributed by atoms with Crippen molar-refractivity contribution in [3.63, 3.8) is 0 Å². The van der Waals surface area contributed by atoms with E-state index in [2.05, 4.69) is 11.1 Å². The number of amides is 1. The molecule has 0 aromatic carbocycles. The van der Waals surface area contributed by atoms with E-state index in [1.807, 2.05) is 10.3 Å². The monoisotopic (exact) mass is 373 g/mol. The summed E-state index contributed by atoms with van der Waals surface area (Å²) in [4.78, 5) is 21.1. The fraction of sp³-hybridized carbons (Fsp3) is 0.467. The van der Waals surface area contributed by atoms with Crippen LogP contribution in [0.25, 0.3) is 0 Å². The Balaban J connectivity index is 1.36. The lowest BCUT2D eigenvalue weighted by Gasteiger charge is -2.41. The zero-order chi connectivity index (χ0) is 16.9. The molecule has 0 N–H and O–H groups in total. The van der Waals surface area contributed by atoms with Gasteiger partial charge in [0.05, 0.1) is 5.92 Å². The van der Waals surface area contributed by atoms with E-state index in [9.17, 15) is 18.0 Å². The molecule has 1 saturated heterocycles. The van der Waals surface area contributed by atoms with Crippen LogP contribution in [-0.2, 0) is 23.9 Å². The zero-order valence-corrected chi connectivity index (χ0v) is 14.2. The molecule has 0 radical (unpaired) electrons. The molecule has 2 aromatic rings. The van der Waals surface area contributed by atoms with E-state index in [-0.39, 0.29) is 11.8 Å². The summed E-state index contributed by atoms with van der Waals surface area (Å²) in [6.45, 7) is 2.25. The Morgan fingerprint density at radius 3 is 2.79 bits per heavy atom. The lowest BCUT2D eigenvalue weighted by atomic mass is 9.97. The van der Waals surface area contributed by atoms with Crippen molar-refractivity contribution in [2.24, 2.45) is 5.92 Å². The van der Waals surface area contributed by atoms with E-state index in [0.717, 1.165) is 29.7 Å². The van der Waals surface area contributed by atoms with Crippen LogP contribution >= 0.6 is 22.7 Å². The molecule has 4 nitrogen and oxygen atoms in total. The fourth-order valence-electron chi connectivity index (χ4n) is 3.03. The van der Waals surface area contributed by atoms with Gasteiger partial charge in [0.25, 0.3) is 0 Å². The molecule has 0 unspecified atom stereocenters. The first-order valence-corrected chi connectivity index (χ1v) is 9.29. The number of hydrogen-bond donors (Lipinski definition) is 0. The second kappa shape index (κ2) is 5.73. The molecule has 1 amide bonds. The van der Waals surface area contributed by atoms with E-state index in [4.69, 9.17) is 0 Å². The van der Waals surface area contributed by atoms with Gasteiger partial charge < -0.3 is 9.80 Å². The summed E-state index contributed by atoms with van der Waals surface area (Å²) in [6, 6.07) is 2.06. The molecule has 1 fully saturated rings. The minimum atomic E-state index is -4.42. The molecule has 0 atom stereocenters. The van der Waals surface area contributed by atoms with Gasteiger partial charge in [-0.2, -0.15) is 13.2 Å². The quantitative estimate of drug-likeness (QED) is 0.811. The van der Waals surface area contributed by atoms with Crippen LogP contribution in [0.5, 0.6) is 0 Å². The van der Waals surface area contributed by atoms with Crippen LogP contribution in [0.2, 0.25) is 0 Å². The standard InChI is InChI=1S/C15H14F3N3OS2/c16-15(17,18)12-8-24-14(19-12)21-6-10(7-21)13(22)20-3-1-11-9(5-20)2-4-23-11/h2,4,8,10H,1,3,5-7H2. The van der Waals surface area contributed by atoms with Gasteiger partial charge in [-0.15, -0.1) is 22.7 Å². The van der Waals surface area contributed by atoms with Gasteiger partial charge in [-0.05, 0) is 23.4 Å². The predicted molar refractivity (Wildman–Crippen MR) is 86.3 cm³/mol. The number of aromatic nitrogens is 1. The number of alkyl halides is 3. The number of nitrogens with zero attached hydrogens (tertiary/aromatic N) is 3. The number of thiophene rings is 1. The van der Waals surface area contributed by atoms with Crippen LogP contribution in [0, 0.1) is 5.92 Å². The second-order valence-electron chi connectivity index (χ2n) is 5.99. The third kappa shape index (κ3) is 2.79. The highest BCUT2D eigenvalue weighted by molar-refractivity contribution is 7.13. The summed E-state index contributed by atoms with van der Waals surface area (Å²) in [5.74, 6) is -0.0564. The third-order valence-electron chi connectivity index (χ3n) is 4.40. The lowest BCUT2D eigenvalue weighted by Crippen LogP contribution is -2.55. The Morgan fingerprint density at radius 1 is 1.29 bits per heavy atom. The predicted octanol–water partition coefficient (Wildman–Crippen LogP) is 3.24. The number of thiazole rings is 1. The third-order valence-corrected chi connectivity index (χ3v) is 6.33. The van der Waals surface area contributed by atoms with Gasteiger partial charge in [-0.1, -0.05) is 0 Å². The maximum Gasteiger partial charge on any atom is 0.434 e. The molecule has 0 saturated carbocycles. The Kier molecular flexibility index (Phi) is 3.80. The van der Waals surface area contributed by atoms with Gasteiger partial charge in [0.1, 0.15) is 0 Å². The molecule has 2 aromatic heterocycles. The summed E-state index contributed by atoms with van der Waals surface area (Å²) in [5.41, 5.74) is 0.351. The van der Waals surface area contributed by atoms with Gasteiger partial charge >= 0.3 is 6.18 Å². The van der Waals surface area contributed by atoms with Gasteiger partial charge in [-0.25, -0.2) is 4.98 Å². The van der Waals surface area contributed by atoms with E-state index in [1.165, 1.54) is 10.4 Å². The Labute approximate surface area is 144 Å². The molecule has 0 bridgehead atoms. The summed E-state index contributed by atoms with van der Waals surface area (Å²) < 4.78 is 37.8. The van der Waals surface area contributed by atoms with E-state index >= 15 is 0 Å². The highest BCUT2D eigenvalue weighted by atomic mass is 32.1. The number of fused-ring (bicyclic) bond motifs is 1. The molecule has 128 valence electrons. The largest absolute Gasteiger partial charge is 0.434 e. The molecule has 4 heterocycles. The first-order valence-electron chi connectivity index (χ1n) is 7.53. The summed E-state index contributed by atoms with van der Waals surface area (Å²) in [6.07, 6.45) is -3.53. The maximum atomic E-state index is 12.6. The summed E-state index contributed by atoms with van der Waals surface area (Å²) in [7, 11) is 0. The smallest absolute Gasteiger partial charge is 0.346 e. The number of anilines is 1. The maximum absolute atomic E-state index is 12.6. The van der Waals surface area contributed by atoms with Gasteiger partial charge in [0, 0.05) is 36.4 Å². The SMILES string of the molecule is O=C(C1CN(c2nc(C(F)(F)F)cs2)C1)N1CCc2sccc2C1. The van der Waals surface area contributed by atoms with Crippen LogP contribution < -0.4 is 4.90 Å². The van der Waals surface area contributed by atoms with Crippen molar-refractivity contribution < 1.29 is 18.0 Å². The number of hydrogen-bond acceptors (Lipinski definition) is 5. The average molecular weight is 373 g/mol. The molecule has 4 rings (SSSR count). The number of carbonyl (C=O) groups is 1. The van der Waals surface area contributed by atoms with Crippen LogP contribution in [-0.4, -0.2) is 35.4 Å². The minimum absolute atomic E-state index is 0.0932. The van der Waals surface area contributed by atoms with Crippen LogP contribution in [0.15, 0.2) is 16.8 Å². The number of rotatable bonds is 2. The Bertz CT molecular complexity index is 764. The zero-order valence-electron chi connectivity index (χ0n) is 12.5. The fourth-order valence-corrected chi connectivity index (χ4v) is 4.77. The van der Waals surface area contributed by atoms with Crippen LogP contribution in [0.4, 0.5) is 18.3 Å². The van der Waals surface area contributed by atoms with Crippen LogP contribution in [0.3, 0.4) is 0 Å². The molecule has 0 spiro atoms. The van der Waals surface area contributed by atoms with Crippen LogP contribution in [0.1, 0.15) is 16.1 Å². The molecular weight excluding hydrogens is 359 g/mol. The number of carbonyl (C=O) groups excluding carboxylic acids is 1. The Hall–Kier alpha value is -1.61. The van der Waals surface area contributed by atoms with Crippen molar-refractivity contribution in [2.45, 2.75) is 19.1 Å². The van der Waals surface area contributed by atoms with Gasteiger partial charge in [-0.3, -0.25) is 4.79 Å². The Morgan fingerprint density at radius 2 is 2.08 bits per heavy atom. The minimum Gasteiger partial charge on any atom is -0.346 e.